The molecule has 2 bridgehead atoms. The first-order valence-electron chi connectivity index (χ1n) is 13.8. The minimum atomic E-state index is -0.472. The van der Waals surface area contributed by atoms with Crippen LogP contribution in [0.3, 0.4) is 0 Å². The van der Waals surface area contributed by atoms with Gasteiger partial charge in [0.15, 0.2) is 6.61 Å². The fourth-order valence-corrected chi connectivity index (χ4v) is 7.09. The van der Waals surface area contributed by atoms with Gasteiger partial charge < -0.3 is 10.1 Å². The summed E-state index contributed by atoms with van der Waals surface area (Å²) in [5, 5.41) is 3.09. The molecule has 1 heterocycles. The Hall–Kier alpha value is -3.49. The van der Waals surface area contributed by atoms with Crippen LogP contribution in [0.4, 0.5) is 5.69 Å². The normalized spacial score (nSPS) is 21.8. The summed E-state index contributed by atoms with van der Waals surface area (Å²) in [5.41, 5.74) is 5.15. The Morgan fingerprint density at radius 3 is 1.93 bits per heavy atom. The summed E-state index contributed by atoms with van der Waals surface area (Å²) >= 11 is 9.32. The molecule has 41 heavy (non-hydrogen) atoms. The fraction of sp³-hybridized carbons (Fsp3) is 0.312. The van der Waals surface area contributed by atoms with Crippen LogP contribution in [-0.2, 0) is 23.9 Å². The van der Waals surface area contributed by atoms with E-state index in [1.54, 1.807) is 18.2 Å². The van der Waals surface area contributed by atoms with Gasteiger partial charge in [0, 0.05) is 35.0 Å². The molecule has 0 aromatic heterocycles. The maximum Gasteiger partial charge on any atom is 0.306 e. The lowest BCUT2D eigenvalue weighted by atomic mass is 9.55. The largest absolute Gasteiger partial charge is 0.456 e. The molecule has 0 spiro atoms. The number of hydrogen-bond acceptors (Lipinski definition) is 5. The van der Waals surface area contributed by atoms with E-state index in [9.17, 15) is 19.2 Å². The summed E-state index contributed by atoms with van der Waals surface area (Å²) in [7, 11) is 0. The van der Waals surface area contributed by atoms with Crippen molar-refractivity contribution >= 4 is 56.9 Å². The highest BCUT2D eigenvalue weighted by Crippen LogP contribution is 2.60. The molecule has 1 fully saturated rings. The SMILES string of the molecule is O=C(COC(=O)CCCCCN1C(=O)[C@@H]2C3c4ccccc4C(c4ccccc43)[C@H]2C1=O)Nc1ccc(Br)c(Cl)c1. The number of anilines is 1. The molecule has 1 N–H and O–H groups in total. The number of nitrogens with one attached hydrogen (secondary N) is 1. The number of amides is 3. The van der Waals surface area contributed by atoms with Gasteiger partial charge in [0.25, 0.3) is 5.91 Å². The lowest BCUT2D eigenvalue weighted by Gasteiger charge is -2.45. The Morgan fingerprint density at radius 1 is 0.829 bits per heavy atom. The predicted octanol–water partition coefficient (Wildman–Crippen LogP) is 6.04. The molecule has 0 saturated carbocycles. The van der Waals surface area contributed by atoms with Gasteiger partial charge in [-0.2, -0.15) is 0 Å². The van der Waals surface area contributed by atoms with Crippen molar-refractivity contribution in [1.29, 1.82) is 0 Å². The summed E-state index contributed by atoms with van der Waals surface area (Å²) in [6.45, 7) is -0.0524. The van der Waals surface area contributed by atoms with Gasteiger partial charge in [0.2, 0.25) is 11.8 Å². The molecule has 3 aliphatic carbocycles. The zero-order valence-electron chi connectivity index (χ0n) is 22.1. The van der Waals surface area contributed by atoms with E-state index in [2.05, 4.69) is 45.5 Å². The van der Waals surface area contributed by atoms with Gasteiger partial charge in [-0.25, -0.2) is 0 Å². The van der Waals surface area contributed by atoms with Crippen molar-refractivity contribution in [2.24, 2.45) is 11.8 Å². The Bertz CT molecular complexity index is 1440. The van der Waals surface area contributed by atoms with Crippen LogP contribution in [0.2, 0.25) is 5.02 Å². The third-order valence-electron chi connectivity index (χ3n) is 8.37. The number of rotatable bonds is 9. The molecule has 3 aromatic carbocycles. The summed E-state index contributed by atoms with van der Waals surface area (Å²) < 4.78 is 5.80. The van der Waals surface area contributed by atoms with E-state index in [0.29, 0.717) is 41.0 Å². The highest BCUT2D eigenvalue weighted by Gasteiger charge is 2.61. The van der Waals surface area contributed by atoms with E-state index >= 15 is 0 Å². The average Bonchev–Trinajstić information content (AvgIpc) is 3.23. The second-order valence-corrected chi connectivity index (χ2v) is 12.0. The van der Waals surface area contributed by atoms with Crippen LogP contribution >= 0.6 is 27.5 Å². The molecule has 0 unspecified atom stereocenters. The molecule has 0 radical (unpaired) electrons. The predicted molar refractivity (Wildman–Crippen MR) is 157 cm³/mol. The molecule has 2 atom stereocenters. The Balaban J connectivity index is 0.993. The van der Waals surface area contributed by atoms with Gasteiger partial charge in [0.1, 0.15) is 0 Å². The number of carbonyl (C=O) groups is 4. The number of nitrogens with zero attached hydrogens (tertiary/aromatic N) is 1. The number of likely N-dealkylation sites (tertiary alicyclic amines) is 1. The van der Waals surface area contributed by atoms with Crippen molar-refractivity contribution in [2.75, 3.05) is 18.5 Å². The van der Waals surface area contributed by atoms with Crippen molar-refractivity contribution in [3.63, 3.8) is 0 Å². The molecular formula is C32H28BrClN2O5. The zero-order chi connectivity index (χ0) is 28.7. The first-order chi connectivity index (χ1) is 19.8. The minimum absolute atomic E-state index is 0.0866. The van der Waals surface area contributed by atoms with Gasteiger partial charge >= 0.3 is 5.97 Å². The van der Waals surface area contributed by atoms with Crippen LogP contribution in [0.25, 0.3) is 0 Å². The van der Waals surface area contributed by atoms with Gasteiger partial charge in [-0.05, 0) is 69.2 Å². The third-order valence-corrected chi connectivity index (χ3v) is 9.60. The maximum atomic E-state index is 13.6. The number of unbranched alkanes of at least 4 members (excludes halogenated alkanes) is 2. The van der Waals surface area contributed by atoms with Crippen LogP contribution in [0.5, 0.6) is 0 Å². The molecule has 3 amide bonds. The molecule has 1 saturated heterocycles. The van der Waals surface area contributed by atoms with Crippen LogP contribution in [0, 0.1) is 11.8 Å². The Morgan fingerprint density at radius 2 is 1.39 bits per heavy atom. The number of halogens is 2. The number of carbonyl (C=O) groups excluding carboxylic acids is 4. The molecule has 3 aromatic rings. The van der Waals surface area contributed by atoms with Gasteiger partial charge in [0.05, 0.1) is 16.9 Å². The quantitative estimate of drug-likeness (QED) is 0.176. The van der Waals surface area contributed by atoms with E-state index < -0.39 is 11.9 Å². The second kappa shape index (κ2) is 11.4. The average molecular weight is 636 g/mol. The van der Waals surface area contributed by atoms with Crippen molar-refractivity contribution < 1.29 is 23.9 Å². The van der Waals surface area contributed by atoms with Crippen molar-refractivity contribution in [3.8, 4) is 0 Å². The van der Waals surface area contributed by atoms with E-state index in [-0.39, 0.29) is 48.5 Å². The number of imide groups is 1. The lowest BCUT2D eigenvalue weighted by Crippen LogP contribution is -2.41. The summed E-state index contributed by atoms with van der Waals surface area (Å²) in [5.74, 6) is -2.05. The monoisotopic (exact) mass is 634 g/mol. The topological polar surface area (TPSA) is 92.8 Å². The second-order valence-electron chi connectivity index (χ2n) is 10.7. The van der Waals surface area contributed by atoms with Crippen molar-refractivity contribution in [2.45, 2.75) is 37.5 Å². The van der Waals surface area contributed by atoms with Crippen LogP contribution in [0.15, 0.2) is 71.2 Å². The van der Waals surface area contributed by atoms with E-state index in [1.165, 1.54) is 4.90 Å². The van der Waals surface area contributed by atoms with Gasteiger partial charge in [-0.1, -0.05) is 66.6 Å². The Labute approximate surface area is 251 Å². The lowest BCUT2D eigenvalue weighted by molar-refractivity contribution is -0.147. The van der Waals surface area contributed by atoms with Gasteiger partial charge in [-0.3, -0.25) is 24.1 Å². The number of hydrogen-bond donors (Lipinski definition) is 1. The van der Waals surface area contributed by atoms with Crippen LogP contribution in [0.1, 0.15) is 59.8 Å². The van der Waals surface area contributed by atoms with Crippen molar-refractivity contribution in [3.05, 3.63) is 98.5 Å². The third kappa shape index (κ3) is 5.08. The van der Waals surface area contributed by atoms with Crippen molar-refractivity contribution in [1.82, 2.24) is 4.90 Å². The zero-order valence-corrected chi connectivity index (χ0v) is 24.5. The maximum absolute atomic E-state index is 13.6. The summed E-state index contributed by atoms with van der Waals surface area (Å²) in [4.78, 5) is 52.9. The molecule has 1 aliphatic heterocycles. The molecule has 9 heteroatoms. The van der Waals surface area contributed by atoms with E-state index in [1.807, 2.05) is 24.3 Å². The Kier molecular flexibility index (Phi) is 7.70. The molecule has 7 rings (SSSR count). The smallest absolute Gasteiger partial charge is 0.306 e. The fourth-order valence-electron chi connectivity index (χ4n) is 6.66. The highest BCUT2D eigenvalue weighted by atomic mass is 79.9. The van der Waals surface area contributed by atoms with Crippen LogP contribution in [-0.4, -0.2) is 41.7 Å². The van der Waals surface area contributed by atoms with E-state index in [4.69, 9.17) is 16.3 Å². The number of benzene rings is 3. The summed E-state index contributed by atoms with van der Waals surface area (Å²) in [6.07, 6.45) is 1.94. The number of ether oxygens (including phenoxy) is 1. The molecule has 7 nitrogen and oxygen atoms in total. The van der Waals surface area contributed by atoms with E-state index in [0.717, 1.165) is 22.3 Å². The molecule has 210 valence electrons. The highest BCUT2D eigenvalue weighted by molar-refractivity contribution is 9.10. The summed E-state index contributed by atoms with van der Waals surface area (Å²) in [6, 6.07) is 21.4. The molecular weight excluding hydrogens is 608 g/mol. The standard InChI is InChI=1S/C32H28BrClN2O5/c33-23-14-13-18(16-24(23)34)35-25(37)17-41-26(38)12-2-1-7-15-36-31(39)29-27-19-8-3-4-9-20(19)28(30(29)32(36)40)22-11-6-5-10-21(22)27/h3-6,8-11,13-14,16,27-30H,1-2,7,12,15,17H2,(H,35,37)/t27?,28?,29-,30-/m1/s1. The first-order valence-corrected chi connectivity index (χ1v) is 15.0. The minimum Gasteiger partial charge on any atom is -0.456 e. The first kappa shape index (κ1) is 27.7. The molecule has 4 aliphatic rings. The number of esters is 1. The van der Waals surface area contributed by atoms with Crippen LogP contribution < -0.4 is 5.32 Å². The van der Waals surface area contributed by atoms with Gasteiger partial charge in [-0.15, -0.1) is 0 Å².